The lowest BCUT2D eigenvalue weighted by Crippen LogP contribution is -2.37. The van der Waals surface area contributed by atoms with Gasteiger partial charge in [-0.1, -0.05) is 18.1 Å². The third-order valence-electron chi connectivity index (χ3n) is 4.90. The number of nitrogens with one attached hydrogen (secondary N) is 1. The zero-order valence-electron chi connectivity index (χ0n) is 17.5. The average Bonchev–Trinajstić information content (AvgIpc) is 3.22. The number of hydrogen-bond acceptors (Lipinski definition) is 4. The van der Waals surface area contributed by atoms with Crippen LogP contribution in [0.1, 0.15) is 29.2 Å². The highest BCUT2D eigenvalue weighted by molar-refractivity contribution is 7.92. The van der Waals surface area contributed by atoms with E-state index in [1.807, 2.05) is 4.72 Å². The minimum absolute atomic E-state index is 0.112. The molecule has 10 heteroatoms. The van der Waals surface area contributed by atoms with Crippen LogP contribution in [0.25, 0.3) is 0 Å². The number of nitrogens with zero attached hydrogens (tertiary/aromatic N) is 1. The second-order valence-corrected chi connectivity index (χ2v) is 9.92. The Labute approximate surface area is 194 Å². The van der Waals surface area contributed by atoms with Gasteiger partial charge in [-0.2, -0.15) is 24.5 Å². The number of halogens is 4. The zero-order chi connectivity index (χ0) is 24.4. The highest BCUT2D eigenvalue weighted by Crippen LogP contribution is 2.43. The third kappa shape index (κ3) is 5.67. The van der Waals surface area contributed by atoms with Crippen LogP contribution in [0.3, 0.4) is 0 Å². The molecule has 0 saturated carbocycles. The Morgan fingerprint density at radius 2 is 2.06 bits per heavy atom. The molecule has 1 aromatic heterocycles. The van der Waals surface area contributed by atoms with Crippen molar-refractivity contribution in [1.82, 2.24) is 4.90 Å². The first-order chi connectivity index (χ1) is 15.4. The third-order valence-corrected chi connectivity index (χ3v) is 6.18. The summed E-state index contributed by atoms with van der Waals surface area (Å²) in [5.41, 5.74) is 0.108. The van der Waals surface area contributed by atoms with Crippen LogP contribution in [0.5, 0.6) is 0 Å². The van der Waals surface area contributed by atoms with Gasteiger partial charge in [0.2, 0.25) is 10.0 Å². The van der Waals surface area contributed by atoms with Crippen LogP contribution in [0, 0.1) is 18.2 Å². The largest absolute Gasteiger partial charge is 0.431 e. The summed E-state index contributed by atoms with van der Waals surface area (Å²) in [4.78, 5) is 1.15. The fourth-order valence-corrected chi connectivity index (χ4v) is 4.93. The maximum Gasteiger partial charge on any atom is 0.431 e. The Kier molecular flexibility index (Phi) is 7.05. The van der Waals surface area contributed by atoms with E-state index in [9.17, 15) is 26.0 Å². The van der Waals surface area contributed by atoms with E-state index >= 15 is 0 Å². The van der Waals surface area contributed by atoms with E-state index in [0.717, 1.165) is 23.3 Å². The highest BCUT2D eigenvalue weighted by atomic mass is 32.2. The minimum atomic E-state index is -4.66. The summed E-state index contributed by atoms with van der Waals surface area (Å²) in [6.07, 6.45) is 6.02. The van der Waals surface area contributed by atoms with Crippen molar-refractivity contribution < 1.29 is 26.0 Å². The summed E-state index contributed by atoms with van der Waals surface area (Å²) >= 11 is 1.35. The van der Waals surface area contributed by atoms with Crippen molar-refractivity contribution in [1.29, 1.82) is 0 Å². The number of alkyl halides is 3. The quantitative estimate of drug-likeness (QED) is 0.302. The number of rotatable bonds is 7. The van der Waals surface area contributed by atoms with E-state index in [1.54, 1.807) is 22.9 Å². The number of benzene rings is 1. The van der Waals surface area contributed by atoms with E-state index < -0.39 is 39.4 Å². The molecule has 33 heavy (non-hydrogen) atoms. The summed E-state index contributed by atoms with van der Waals surface area (Å²) in [6, 6.07) is 3.28. The van der Waals surface area contributed by atoms with E-state index in [2.05, 4.69) is 12.5 Å². The fourth-order valence-electron chi connectivity index (χ4n) is 3.67. The molecule has 0 fully saturated rings. The van der Waals surface area contributed by atoms with Gasteiger partial charge in [0.05, 0.1) is 23.5 Å². The summed E-state index contributed by atoms with van der Waals surface area (Å²) in [7, 11) is -3.82. The smallest absolute Gasteiger partial charge is 0.352 e. The van der Waals surface area contributed by atoms with E-state index in [0.29, 0.717) is 17.6 Å². The van der Waals surface area contributed by atoms with Crippen molar-refractivity contribution in [3.8, 4) is 12.3 Å². The van der Waals surface area contributed by atoms with Gasteiger partial charge in [0.1, 0.15) is 11.5 Å². The van der Waals surface area contributed by atoms with Crippen molar-refractivity contribution in [2.24, 2.45) is 0 Å². The number of thiophene rings is 1. The van der Waals surface area contributed by atoms with Gasteiger partial charge >= 0.3 is 6.18 Å². The van der Waals surface area contributed by atoms with Gasteiger partial charge in [-0.3, -0.25) is 4.72 Å². The minimum Gasteiger partial charge on any atom is -0.352 e. The Hall–Kier alpha value is -3.03. The second kappa shape index (κ2) is 9.45. The molecule has 2 heterocycles. The standard InChI is InChI=1S/C23H20F4N2O2S2/c1-4-6-17-7-8-20(23(25,26)27)29(22(17)18-9-10-32-14-18)13-15-11-16(5-2)21(19(24)12-15)28-33(3,30)31/h2,4,7-12,14,22,28H,1,6,13H2,3H3. The number of terminal acetylenes is 1. The first-order valence-electron chi connectivity index (χ1n) is 9.59. The summed E-state index contributed by atoms with van der Waals surface area (Å²) in [5.74, 6) is 1.22. The lowest BCUT2D eigenvalue weighted by molar-refractivity contribution is -0.116. The first kappa shape index (κ1) is 24.6. The van der Waals surface area contributed by atoms with Crippen LogP contribution in [0.2, 0.25) is 0 Å². The second-order valence-electron chi connectivity index (χ2n) is 7.39. The molecule has 1 unspecified atom stereocenters. The van der Waals surface area contributed by atoms with E-state index in [1.165, 1.54) is 23.5 Å². The van der Waals surface area contributed by atoms with Crippen molar-refractivity contribution in [2.45, 2.75) is 25.2 Å². The van der Waals surface area contributed by atoms with Crippen LogP contribution in [-0.4, -0.2) is 25.7 Å². The van der Waals surface area contributed by atoms with Gasteiger partial charge in [0.15, 0.2) is 0 Å². The van der Waals surface area contributed by atoms with Crippen LogP contribution in [-0.2, 0) is 16.6 Å². The normalized spacial score (nSPS) is 16.6. The Morgan fingerprint density at radius 1 is 1.33 bits per heavy atom. The summed E-state index contributed by atoms with van der Waals surface area (Å²) < 4.78 is 81.8. The van der Waals surface area contributed by atoms with Crippen LogP contribution in [0.4, 0.5) is 23.2 Å². The molecule has 0 spiro atoms. The number of anilines is 1. The molecule has 1 aliphatic heterocycles. The highest BCUT2D eigenvalue weighted by Gasteiger charge is 2.42. The molecule has 4 nitrogen and oxygen atoms in total. The predicted octanol–water partition coefficient (Wildman–Crippen LogP) is 5.75. The van der Waals surface area contributed by atoms with Gasteiger partial charge in [0.25, 0.3) is 0 Å². The number of sulfonamides is 1. The maximum absolute atomic E-state index is 14.8. The van der Waals surface area contributed by atoms with Gasteiger partial charge in [-0.15, -0.1) is 13.0 Å². The maximum atomic E-state index is 14.8. The van der Waals surface area contributed by atoms with Crippen molar-refractivity contribution in [3.05, 3.63) is 87.5 Å². The average molecular weight is 497 g/mol. The SMILES string of the molecule is C#Cc1cc(CN2C(C(F)(F)F)=CC=C(CC=C)C2c2ccsc2)cc(F)c1NS(C)(=O)=O. The topological polar surface area (TPSA) is 49.4 Å². The zero-order valence-corrected chi connectivity index (χ0v) is 19.1. The van der Waals surface area contributed by atoms with Crippen LogP contribution < -0.4 is 4.72 Å². The Balaban J connectivity index is 2.11. The van der Waals surface area contributed by atoms with Gasteiger partial charge in [0, 0.05) is 6.54 Å². The van der Waals surface area contributed by atoms with Crippen molar-refractivity contribution >= 4 is 27.0 Å². The first-order valence-corrected chi connectivity index (χ1v) is 12.4. The lowest BCUT2D eigenvalue weighted by Gasteiger charge is -2.39. The molecular weight excluding hydrogens is 476 g/mol. The van der Waals surface area contributed by atoms with Gasteiger partial charge in [-0.25, -0.2) is 12.8 Å². The molecule has 2 aromatic rings. The fraction of sp³-hybridized carbons (Fsp3) is 0.217. The molecule has 0 saturated heterocycles. The number of hydrogen-bond donors (Lipinski definition) is 1. The van der Waals surface area contributed by atoms with E-state index in [-0.39, 0.29) is 17.7 Å². The molecule has 1 atom stereocenters. The van der Waals surface area contributed by atoms with Gasteiger partial charge < -0.3 is 4.90 Å². The van der Waals surface area contributed by atoms with Crippen LogP contribution in [0.15, 0.2) is 65.0 Å². The Bertz CT molecular complexity index is 1250. The molecule has 0 amide bonds. The molecule has 0 radical (unpaired) electrons. The molecule has 1 aromatic carbocycles. The van der Waals surface area contributed by atoms with E-state index in [4.69, 9.17) is 6.42 Å². The molecule has 1 N–H and O–H groups in total. The van der Waals surface area contributed by atoms with Crippen LogP contribution >= 0.6 is 11.3 Å². The number of allylic oxidation sites excluding steroid dienone is 4. The molecule has 1 aliphatic rings. The van der Waals surface area contributed by atoms with Gasteiger partial charge in [-0.05, 0) is 58.2 Å². The summed E-state index contributed by atoms with van der Waals surface area (Å²) in [6.45, 7) is 3.38. The van der Waals surface area contributed by atoms with Crippen molar-refractivity contribution in [2.75, 3.05) is 11.0 Å². The lowest BCUT2D eigenvalue weighted by atomic mass is 9.92. The Morgan fingerprint density at radius 3 is 2.61 bits per heavy atom. The molecule has 3 rings (SSSR count). The molecular formula is C23H20F4N2O2S2. The monoisotopic (exact) mass is 496 g/mol. The summed E-state index contributed by atoms with van der Waals surface area (Å²) in [5, 5.41) is 3.53. The van der Waals surface area contributed by atoms with Crippen molar-refractivity contribution in [3.63, 3.8) is 0 Å². The molecule has 0 aliphatic carbocycles. The molecule has 0 bridgehead atoms. The predicted molar refractivity (Wildman–Crippen MR) is 122 cm³/mol. The molecule has 174 valence electrons.